The van der Waals surface area contributed by atoms with Crippen molar-refractivity contribution >= 4 is 17.2 Å². The zero-order chi connectivity index (χ0) is 16.4. The number of aromatic nitrogens is 3. The molecule has 3 nitrogen and oxygen atoms in total. The molecule has 0 aliphatic rings. The summed E-state index contributed by atoms with van der Waals surface area (Å²) in [5.74, 6) is 1.10. The highest BCUT2D eigenvalue weighted by Crippen LogP contribution is 2.21. The fourth-order valence-electron chi connectivity index (χ4n) is 2.99. The number of rotatable bonds is 4. The standard InChI is InChI=1S/C20H23N3/c1-5-7-16-8-10-17(11-9-16)13-23-18(6-2)22-19-14(3)12-15(4)21-20(19)23/h5,7-12H,6,13H2,1-4H3. The summed E-state index contributed by atoms with van der Waals surface area (Å²) in [4.78, 5) is 9.54. The predicted octanol–water partition coefficient (Wildman–Crippen LogP) is 4.69. The molecule has 0 saturated heterocycles. The lowest BCUT2D eigenvalue weighted by Crippen LogP contribution is -2.05. The fourth-order valence-corrected chi connectivity index (χ4v) is 2.99. The molecule has 0 unspecified atom stereocenters. The van der Waals surface area contributed by atoms with Crippen LogP contribution in [0.5, 0.6) is 0 Å². The van der Waals surface area contributed by atoms with Crippen LogP contribution in [-0.2, 0) is 13.0 Å². The van der Waals surface area contributed by atoms with Crippen molar-refractivity contribution in [1.82, 2.24) is 14.5 Å². The molecule has 2 heterocycles. The molecule has 0 aliphatic carbocycles. The van der Waals surface area contributed by atoms with Crippen molar-refractivity contribution in [2.24, 2.45) is 0 Å². The van der Waals surface area contributed by atoms with Crippen molar-refractivity contribution in [2.45, 2.75) is 40.7 Å². The minimum atomic E-state index is 0.811. The van der Waals surface area contributed by atoms with Gasteiger partial charge in [0.25, 0.3) is 0 Å². The van der Waals surface area contributed by atoms with Gasteiger partial charge in [-0.2, -0.15) is 0 Å². The Morgan fingerprint density at radius 1 is 1.09 bits per heavy atom. The normalized spacial score (nSPS) is 11.7. The van der Waals surface area contributed by atoms with E-state index >= 15 is 0 Å². The maximum atomic E-state index is 4.80. The van der Waals surface area contributed by atoms with Gasteiger partial charge in [0.1, 0.15) is 11.3 Å². The van der Waals surface area contributed by atoms with E-state index in [9.17, 15) is 0 Å². The van der Waals surface area contributed by atoms with Gasteiger partial charge in [0.05, 0.1) is 6.54 Å². The second-order valence-corrected chi connectivity index (χ2v) is 5.96. The van der Waals surface area contributed by atoms with Gasteiger partial charge in [0.15, 0.2) is 5.65 Å². The average Bonchev–Trinajstić information content (AvgIpc) is 2.88. The third-order valence-corrected chi connectivity index (χ3v) is 4.10. The smallest absolute Gasteiger partial charge is 0.160 e. The largest absolute Gasteiger partial charge is 0.308 e. The number of pyridine rings is 1. The molecule has 0 radical (unpaired) electrons. The summed E-state index contributed by atoms with van der Waals surface area (Å²) in [7, 11) is 0. The second-order valence-electron chi connectivity index (χ2n) is 5.96. The molecular weight excluding hydrogens is 282 g/mol. The van der Waals surface area contributed by atoms with Crippen molar-refractivity contribution in [3.05, 3.63) is 64.6 Å². The Balaban J connectivity index is 2.04. The van der Waals surface area contributed by atoms with E-state index in [1.807, 2.05) is 13.8 Å². The van der Waals surface area contributed by atoms with Gasteiger partial charge in [-0.15, -0.1) is 0 Å². The average molecular weight is 305 g/mol. The second kappa shape index (κ2) is 6.37. The van der Waals surface area contributed by atoms with Crippen LogP contribution in [0.4, 0.5) is 0 Å². The summed E-state index contributed by atoms with van der Waals surface area (Å²) in [6.07, 6.45) is 5.08. The lowest BCUT2D eigenvalue weighted by atomic mass is 10.1. The van der Waals surface area contributed by atoms with Gasteiger partial charge in [-0.05, 0) is 43.5 Å². The zero-order valence-electron chi connectivity index (χ0n) is 14.3. The molecule has 0 spiro atoms. The molecular formula is C20H23N3. The predicted molar refractivity (Wildman–Crippen MR) is 96.6 cm³/mol. The molecule has 3 rings (SSSR count). The zero-order valence-corrected chi connectivity index (χ0v) is 14.3. The van der Waals surface area contributed by atoms with Gasteiger partial charge < -0.3 is 4.57 Å². The number of nitrogens with zero attached hydrogens (tertiary/aromatic N) is 3. The summed E-state index contributed by atoms with van der Waals surface area (Å²) in [5, 5.41) is 0. The van der Waals surface area contributed by atoms with Crippen molar-refractivity contribution in [1.29, 1.82) is 0 Å². The molecule has 3 heteroatoms. The third-order valence-electron chi connectivity index (χ3n) is 4.10. The number of allylic oxidation sites excluding steroid dienone is 1. The molecule has 0 bridgehead atoms. The van der Waals surface area contributed by atoms with E-state index in [4.69, 9.17) is 9.97 Å². The maximum Gasteiger partial charge on any atom is 0.160 e. The Bertz CT molecular complexity index is 855. The highest BCUT2D eigenvalue weighted by atomic mass is 15.1. The van der Waals surface area contributed by atoms with Crippen LogP contribution >= 0.6 is 0 Å². The number of benzene rings is 1. The van der Waals surface area contributed by atoms with Crippen LogP contribution in [-0.4, -0.2) is 14.5 Å². The van der Waals surface area contributed by atoms with Gasteiger partial charge >= 0.3 is 0 Å². The Hall–Kier alpha value is -2.42. The Morgan fingerprint density at radius 3 is 2.48 bits per heavy atom. The lowest BCUT2D eigenvalue weighted by Gasteiger charge is -2.09. The quantitative estimate of drug-likeness (QED) is 0.700. The van der Waals surface area contributed by atoms with Gasteiger partial charge in [-0.3, -0.25) is 0 Å². The first-order chi connectivity index (χ1) is 11.1. The summed E-state index contributed by atoms with van der Waals surface area (Å²) < 4.78 is 2.25. The number of fused-ring (bicyclic) bond motifs is 1. The molecule has 23 heavy (non-hydrogen) atoms. The molecule has 2 aromatic heterocycles. The van der Waals surface area contributed by atoms with Crippen LogP contribution in [0.2, 0.25) is 0 Å². The molecule has 0 fully saturated rings. The first-order valence-corrected chi connectivity index (χ1v) is 8.17. The highest BCUT2D eigenvalue weighted by Gasteiger charge is 2.13. The van der Waals surface area contributed by atoms with Crippen LogP contribution in [0.25, 0.3) is 17.2 Å². The van der Waals surface area contributed by atoms with E-state index in [2.05, 4.69) is 60.9 Å². The van der Waals surface area contributed by atoms with Crippen molar-refractivity contribution < 1.29 is 0 Å². The number of hydrogen-bond acceptors (Lipinski definition) is 2. The first kappa shape index (κ1) is 15.5. The summed E-state index contributed by atoms with van der Waals surface area (Å²) in [5.41, 5.74) is 6.77. The van der Waals surface area contributed by atoms with Crippen LogP contribution in [0.15, 0.2) is 36.4 Å². The van der Waals surface area contributed by atoms with E-state index in [1.54, 1.807) is 0 Å². The molecule has 0 amide bonds. The molecule has 118 valence electrons. The Kier molecular flexibility index (Phi) is 4.28. The topological polar surface area (TPSA) is 30.7 Å². The van der Waals surface area contributed by atoms with Crippen molar-refractivity contribution in [3.63, 3.8) is 0 Å². The van der Waals surface area contributed by atoms with Gasteiger partial charge in [0, 0.05) is 12.1 Å². The maximum absolute atomic E-state index is 4.80. The lowest BCUT2D eigenvalue weighted by molar-refractivity contribution is 0.745. The fraction of sp³-hybridized carbons (Fsp3) is 0.300. The minimum Gasteiger partial charge on any atom is -0.308 e. The number of imidazole rings is 1. The minimum absolute atomic E-state index is 0.811. The van der Waals surface area contributed by atoms with E-state index in [0.29, 0.717) is 0 Å². The molecule has 0 aliphatic heterocycles. The Labute approximate surface area is 137 Å². The Morgan fingerprint density at radius 2 is 1.83 bits per heavy atom. The molecule has 0 saturated carbocycles. The van der Waals surface area contributed by atoms with E-state index < -0.39 is 0 Å². The van der Waals surface area contributed by atoms with Crippen LogP contribution in [0.1, 0.15) is 42.1 Å². The molecule has 3 aromatic rings. The van der Waals surface area contributed by atoms with Gasteiger partial charge in [0.2, 0.25) is 0 Å². The van der Waals surface area contributed by atoms with Gasteiger partial charge in [-0.25, -0.2) is 9.97 Å². The summed E-state index contributed by atoms with van der Waals surface area (Å²) in [6.45, 7) is 9.15. The molecule has 0 atom stereocenters. The van der Waals surface area contributed by atoms with Gasteiger partial charge in [-0.1, -0.05) is 43.3 Å². The van der Waals surface area contributed by atoms with Crippen LogP contribution < -0.4 is 0 Å². The number of aryl methyl sites for hydroxylation is 3. The number of hydrogen-bond donors (Lipinski definition) is 0. The first-order valence-electron chi connectivity index (χ1n) is 8.17. The van der Waals surface area contributed by atoms with E-state index in [-0.39, 0.29) is 0 Å². The molecule has 0 N–H and O–H groups in total. The van der Waals surface area contributed by atoms with Crippen molar-refractivity contribution in [2.75, 3.05) is 0 Å². The SMILES string of the molecule is CC=Cc1ccc(Cn2c(CC)nc3c(C)cc(C)nc32)cc1. The van der Waals surface area contributed by atoms with E-state index in [1.165, 1.54) is 16.7 Å². The van der Waals surface area contributed by atoms with E-state index in [0.717, 1.165) is 35.6 Å². The van der Waals surface area contributed by atoms with Crippen molar-refractivity contribution in [3.8, 4) is 0 Å². The highest BCUT2D eigenvalue weighted by molar-refractivity contribution is 5.76. The third kappa shape index (κ3) is 3.04. The monoisotopic (exact) mass is 305 g/mol. The van der Waals surface area contributed by atoms with Crippen LogP contribution in [0.3, 0.4) is 0 Å². The van der Waals surface area contributed by atoms with Crippen LogP contribution in [0, 0.1) is 13.8 Å². The molecule has 1 aromatic carbocycles. The summed E-state index contributed by atoms with van der Waals surface area (Å²) >= 11 is 0. The summed E-state index contributed by atoms with van der Waals surface area (Å²) in [6, 6.07) is 10.8.